The largest absolute Gasteiger partial charge is 0.445 e. The van der Waals surface area contributed by atoms with Gasteiger partial charge in [-0.1, -0.05) is 66.2 Å². The fraction of sp³-hybridized carbons (Fsp3) is 0.765. The molecule has 0 fully saturated rings. The van der Waals surface area contributed by atoms with Gasteiger partial charge >= 0.3 is 6.09 Å². The zero-order valence-electron chi connectivity index (χ0n) is 29.4. The molecule has 2 amide bonds. The molecule has 0 saturated heterocycles. The zero-order valence-corrected chi connectivity index (χ0v) is 30.2. The molecule has 1 atom stereocenters. The molecule has 2 N–H and O–H groups in total. The fourth-order valence-corrected chi connectivity index (χ4v) is 6.96. The third-order valence-corrected chi connectivity index (χ3v) is 9.14. The average Bonchev–Trinajstić information content (AvgIpc) is 2.91. The van der Waals surface area contributed by atoms with Crippen LogP contribution in [0.25, 0.3) is 0 Å². The Labute approximate surface area is 272 Å². The van der Waals surface area contributed by atoms with Crippen LogP contribution >= 0.6 is 0 Å². The van der Waals surface area contributed by atoms with Crippen molar-refractivity contribution in [3.63, 3.8) is 0 Å². The second-order valence-corrected chi connectivity index (χ2v) is 16.1. The molecule has 260 valence electrons. The van der Waals surface area contributed by atoms with E-state index in [0.29, 0.717) is 52.2 Å². The van der Waals surface area contributed by atoms with Crippen molar-refractivity contribution >= 4 is 21.8 Å². The molecule has 45 heavy (non-hydrogen) atoms. The minimum Gasteiger partial charge on any atom is -0.445 e. The van der Waals surface area contributed by atoms with Crippen molar-refractivity contribution in [1.82, 2.24) is 10.6 Å². The summed E-state index contributed by atoms with van der Waals surface area (Å²) in [6, 6.07) is 6.64. The van der Waals surface area contributed by atoms with E-state index >= 15 is 0 Å². The van der Waals surface area contributed by atoms with Crippen LogP contribution in [0.2, 0.25) is 0 Å². The maximum Gasteiger partial charge on any atom is 0.407 e. The molecule has 0 heterocycles. The number of rotatable bonds is 22. The molecule has 0 aromatic heterocycles. The van der Waals surface area contributed by atoms with Crippen LogP contribution in [0.3, 0.4) is 0 Å². The summed E-state index contributed by atoms with van der Waals surface area (Å²) in [5, 5.41) is 5.78. The molecular weight excluding hydrogens is 596 g/mol. The fourth-order valence-electron chi connectivity index (χ4n) is 5.30. The van der Waals surface area contributed by atoms with Crippen LogP contribution in [0.5, 0.6) is 0 Å². The Hall–Kier alpha value is -2.21. The van der Waals surface area contributed by atoms with Gasteiger partial charge in [0.05, 0.1) is 17.3 Å². The third-order valence-electron chi connectivity index (χ3n) is 7.40. The van der Waals surface area contributed by atoms with Crippen molar-refractivity contribution < 1.29 is 37.0 Å². The van der Waals surface area contributed by atoms with E-state index in [0.717, 1.165) is 12.0 Å². The second-order valence-electron chi connectivity index (χ2n) is 14.0. The summed E-state index contributed by atoms with van der Waals surface area (Å²) in [6.07, 6.45) is 0.000190. The van der Waals surface area contributed by atoms with E-state index in [-0.39, 0.29) is 28.5 Å². The molecule has 0 aliphatic carbocycles. The highest BCUT2D eigenvalue weighted by Gasteiger charge is 2.41. The predicted octanol–water partition coefficient (Wildman–Crippen LogP) is 6.05. The molecule has 1 aromatic carbocycles. The quantitative estimate of drug-likeness (QED) is 0.114. The molecule has 0 saturated carbocycles. The first-order valence-corrected chi connectivity index (χ1v) is 17.8. The number of hydrogen-bond donors (Lipinski definition) is 2. The van der Waals surface area contributed by atoms with Gasteiger partial charge in [-0.3, -0.25) is 4.79 Å². The van der Waals surface area contributed by atoms with Crippen molar-refractivity contribution in [2.45, 2.75) is 112 Å². The highest BCUT2D eigenvalue weighted by atomic mass is 32.2. The lowest BCUT2D eigenvalue weighted by atomic mass is 9.72. The molecule has 1 unspecified atom stereocenters. The molecule has 0 aliphatic heterocycles. The van der Waals surface area contributed by atoms with Crippen LogP contribution in [0, 0.1) is 23.2 Å². The molecule has 1 rings (SSSR count). The number of carbonyl (C=O) groups is 2. The predicted molar refractivity (Wildman–Crippen MR) is 178 cm³/mol. The van der Waals surface area contributed by atoms with Gasteiger partial charge in [0.25, 0.3) is 0 Å². The molecule has 10 nitrogen and oxygen atoms in total. The number of benzene rings is 1. The van der Waals surface area contributed by atoms with Gasteiger partial charge in [-0.2, -0.15) is 0 Å². The zero-order chi connectivity index (χ0) is 34.3. The minimum atomic E-state index is -3.79. The molecule has 0 radical (unpaired) electrons. The number of sulfone groups is 1. The van der Waals surface area contributed by atoms with Crippen molar-refractivity contribution in [2.24, 2.45) is 16.2 Å². The Balaban J connectivity index is 3.04. The van der Waals surface area contributed by atoms with E-state index in [1.807, 2.05) is 69.2 Å². The third kappa shape index (κ3) is 16.3. The van der Waals surface area contributed by atoms with Crippen molar-refractivity contribution in [2.75, 3.05) is 45.3 Å². The maximum absolute atomic E-state index is 13.5. The smallest absolute Gasteiger partial charge is 0.407 e. The summed E-state index contributed by atoms with van der Waals surface area (Å²) in [4.78, 5) is 26.0. The summed E-state index contributed by atoms with van der Waals surface area (Å²) in [5.74, 6) is -0.455. The van der Waals surface area contributed by atoms with Gasteiger partial charge in [-0.15, -0.1) is 0 Å². The standard InChI is InChI=1S/C34H60N2O8S/c1-11-20-41-25-32(5,6)21-29(37)36-24-33(7,8)23-34(9,10)28(22-45(39,40)27-16-14-26(4)15-17-27)44-31(38)35-19-18-30(42-12-2)43-13-3/h14-17,28,30H,11-13,18-25H2,1-10H3,(H,35,38)(H,36,37). The van der Waals surface area contributed by atoms with Crippen molar-refractivity contribution in [3.8, 4) is 0 Å². The number of carbonyl (C=O) groups excluding carboxylic acids is 2. The first-order valence-electron chi connectivity index (χ1n) is 16.2. The Morgan fingerprint density at radius 2 is 1.49 bits per heavy atom. The molecule has 0 spiro atoms. The number of hydrogen-bond acceptors (Lipinski definition) is 8. The molecule has 0 bridgehead atoms. The van der Waals surface area contributed by atoms with Gasteiger partial charge in [0, 0.05) is 51.2 Å². The number of ether oxygens (including phenoxy) is 4. The van der Waals surface area contributed by atoms with E-state index < -0.39 is 39.2 Å². The summed E-state index contributed by atoms with van der Waals surface area (Å²) < 4.78 is 49.7. The van der Waals surface area contributed by atoms with Crippen LogP contribution in [0.4, 0.5) is 4.79 Å². The topological polar surface area (TPSA) is 129 Å². The van der Waals surface area contributed by atoms with Gasteiger partial charge in [-0.05, 0) is 56.6 Å². The lowest BCUT2D eigenvalue weighted by Gasteiger charge is -2.40. The second kappa shape index (κ2) is 18.8. The Morgan fingerprint density at radius 3 is 2.04 bits per heavy atom. The number of amides is 2. The first-order chi connectivity index (χ1) is 20.9. The van der Waals surface area contributed by atoms with E-state index in [9.17, 15) is 18.0 Å². The van der Waals surface area contributed by atoms with E-state index in [4.69, 9.17) is 18.9 Å². The summed E-state index contributed by atoms with van der Waals surface area (Å²) in [7, 11) is -3.79. The van der Waals surface area contributed by atoms with E-state index in [1.165, 1.54) is 0 Å². The van der Waals surface area contributed by atoms with Crippen molar-refractivity contribution in [3.05, 3.63) is 29.8 Å². The average molecular weight is 657 g/mol. The number of aryl methyl sites for hydroxylation is 1. The van der Waals surface area contributed by atoms with Gasteiger partial charge in [0.2, 0.25) is 5.91 Å². The van der Waals surface area contributed by atoms with Crippen LogP contribution in [0.1, 0.15) is 93.6 Å². The van der Waals surface area contributed by atoms with Crippen molar-refractivity contribution in [1.29, 1.82) is 0 Å². The van der Waals surface area contributed by atoms with E-state index in [2.05, 4.69) is 10.6 Å². The van der Waals surface area contributed by atoms with Gasteiger partial charge in [0.15, 0.2) is 16.1 Å². The number of nitrogens with one attached hydrogen (secondary N) is 2. The van der Waals surface area contributed by atoms with Gasteiger partial charge < -0.3 is 29.6 Å². The van der Waals surface area contributed by atoms with Crippen LogP contribution in [-0.2, 0) is 33.6 Å². The minimum absolute atomic E-state index is 0.0717. The monoisotopic (exact) mass is 656 g/mol. The van der Waals surface area contributed by atoms with Gasteiger partial charge in [-0.25, -0.2) is 13.2 Å². The lowest BCUT2D eigenvalue weighted by molar-refractivity contribution is -0.138. The van der Waals surface area contributed by atoms with Gasteiger partial charge in [0.1, 0.15) is 6.10 Å². The van der Waals surface area contributed by atoms with Crippen LogP contribution in [-0.4, -0.2) is 78.1 Å². The molecule has 0 aliphatic rings. The van der Waals surface area contributed by atoms with E-state index in [1.54, 1.807) is 24.3 Å². The normalized spacial score (nSPS) is 13.5. The molecule has 1 aromatic rings. The molecule has 11 heteroatoms. The summed E-state index contributed by atoms with van der Waals surface area (Å²) >= 11 is 0. The first kappa shape index (κ1) is 40.8. The Kier molecular flexibility index (Phi) is 17.1. The number of alkyl carbamates (subject to hydrolysis) is 1. The summed E-state index contributed by atoms with van der Waals surface area (Å²) in [6.45, 7) is 22.2. The highest BCUT2D eigenvalue weighted by Crippen LogP contribution is 2.38. The maximum atomic E-state index is 13.5. The molecular formula is C34H60N2O8S. The highest BCUT2D eigenvalue weighted by molar-refractivity contribution is 7.91. The lowest BCUT2D eigenvalue weighted by Crippen LogP contribution is -2.46. The summed E-state index contributed by atoms with van der Waals surface area (Å²) in [5.41, 5.74) is -0.560. The van der Waals surface area contributed by atoms with Crippen LogP contribution < -0.4 is 10.6 Å². The van der Waals surface area contributed by atoms with Crippen LogP contribution in [0.15, 0.2) is 29.2 Å². The Bertz CT molecular complexity index is 1130. The Morgan fingerprint density at radius 1 is 0.889 bits per heavy atom. The SMILES string of the molecule is CCCOCC(C)(C)CC(=O)NCC(C)(C)CC(C)(C)C(CS(=O)(=O)c1ccc(C)cc1)OC(=O)NCCC(OCC)OCC.